The molecule has 1 aliphatic rings. The zero-order chi connectivity index (χ0) is 13.1. The van der Waals surface area contributed by atoms with Crippen LogP contribution < -0.4 is 11.1 Å². The van der Waals surface area contributed by atoms with Gasteiger partial charge in [0, 0.05) is 30.2 Å². The Bertz CT molecular complexity index is 492. The van der Waals surface area contributed by atoms with E-state index in [9.17, 15) is 4.79 Å². The summed E-state index contributed by atoms with van der Waals surface area (Å²) in [5.41, 5.74) is 7.28. The fourth-order valence-corrected chi connectivity index (χ4v) is 2.26. The van der Waals surface area contributed by atoms with Gasteiger partial charge in [0.05, 0.1) is 6.54 Å². The van der Waals surface area contributed by atoms with Gasteiger partial charge in [0.25, 0.3) is 0 Å². The molecule has 0 spiro atoms. The molecule has 1 aliphatic heterocycles. The van der Waals surface area contributed by atoms with E-state index >= 15 is 0 Å². The Morgan fingerprint density at radius 1 is 1.56 bits per heavy atom. The summed E-state index contributed by atoms with van der Waals surface area (Å²) < 4.78 is 0. The lowest BCUT2D eigenvalue weighted by Gasteiger charge is -2.26. The highest BCUT2D eigenvalue weighted by molar-refractivity contribution is 7.80. The van der Waals surface area contributed by atoms with Gasteiger partial charge in [-0.25, -0.2) is 0 Å². The molecule has 3 N–H and O–H groups in total. The van der Waals surface area contributed by atoms with Crippen LogP contribution in [0.2, 0.25) is 5.02 Å². The van der Waals surface area contributed by atoms with Gasteiger partial charge in [-0.05, 0) is 11.6 Å². The largest absolute Gasteiger partial charge is 0.389 e. The zero-order valence-corrected chi connectivity index (χ0v) is 11.4. The van der Waals surface area contributed by atoms with Crippen LogP contribution in [0.4, 0.5) is 0 Å². The van der Waals surface area contributed by atoms with E-state index in [1.165, 1.54) is 0 Å². The van der Waals surface area contributed by atoms with Crippen LogP contribution in [0.15, 0.2) is 18.2 Å². The molecule has 2 rings (SSSR count). The molecule has 0 atom stereocenters. The first-order valence-corrected chi connectivity index (χ1v) is 6.42. The molecule has 0 saturated carbocycles. The molecule has 1 aromatic carbocycles. The maximum Gasteiger partial charge on any atom is 0.234 e. The molecule has 18 heavy (non-hydrogen) atoms. The maximum atomic E-state index is 11.3. The van der Waals surface area contributed by atoms with Crippen LogP contribution >= 0.6 is 23.8 Å². The lowest BCUT2D eigenvalue weighted by Crippen LogP contribution is -2.47. The maximum absolute atomic E-state index is 11.3. The van der Waals surface area contributed by atoms with Gasteiger partial charge in [-0.3, -0.25) is 9.69 Å². The predicted molar refractivity (Wildman–Crippen MR) is 75.6 cm³/mol. The number of piperazine rings is 1. The number of thiocarbonyl (C=S) groups is 1. The summed E-state index contributed by atoms with van der Waals surface area (Å²) >= 11 is 11.1. The Labute approximate surface area is 116 Å². The van der Waals surface area contributed by atoms with Crippen LogP contribution in [0, 0.1) is 0 Å². The van der Waals surface area contributed by atoms with Crippen molar-refractivity contribution >= 4 is 34.7 Å². The lowest BCUT2D eigenvalue weighted by atomic mass is 10.1. The minimum absolute atomic E-state index is 0.0529. The van der Waals surface area contributed by atoms with E-state index < -0.39 is 0 Å². The predicted octanol–water partition coefficient (Wildman–Crippen LogP) is 0.906. The third kappa shape index (κ3) is 3.19. The number of nitrogens with one attached hydrogen (secondary N) is 1. The second-order valence-corrected chi connectivity index (χ2v) is 5.08. The summed E-state index contributed by atoms with van der Waals surface area (Å²) in [5, 5.41) is 3.42. The van der Waals surface area contributed by atoms with Gasteiger partial charge < -0.3 is 11.1 Å². The number of carbonyl (C=O) groups is 1. The summed E-state index contributed by atoms with van der Waals surface area (Å²) in [5.74, 6) is 0.0529. The van der Waals surface area contributed by atoms with Crippen LogP contribution in [0.3, 0.4) is 0 Å². The molecule has 0 aromatic heterocycles. The Balaban J connectivity index is 2.09. The van der Waals surface area contributed by atoms with Crippen molar-refractivity contribution in [3.63, 3.8) is 0 Å². The van der Waals surface area contributed by atoms with Crippen molar-refractivity contribution in [3.8, 4) is 0 Å². The van der Waals surface area contributed by atoms with Gasteiger partial charge in [-0.2, -0.15) is 0 Å². The van der Waals surface area contributed by atoms with E-state index in [0.29, 0.717) is 29.6 Å². The van der Waals surface area contributed by atoms with Gasteiger partial charge in [0.2, 0.25) is 5.91 Å². The summed E-state index contributed by atoms with van der Waals surface area (Å²) in [7, 11) is 0. The Morgan fingerprint density at radius 3 is 2.94 bits per heavy atom. The normalized spacial score (nSPS) is 16.4. The smallest absolute Gasteiger partial charge is 0.234 e. The molecule has 1 fully saturated rings. The quantitative estimate of drug-likeness (QED) is 0.810. The summed E-state index contributed by atoms with van der Waals surface area (Å²) in [4.78, 5) is 13.7. The molecule has 1 amide bonds. The Kier molecular flexibility index (Phi) is 4.16. The molecule has 1 saturated heterocycles. The molecule has 6 heteroatoms. The molecule has 96 valence electrons. The summed E-state index contributed by atoms with van der Waals surface area (Å²) in [6, 6.07) is 5.53. The third-order valence-electron chi connectivity index (χ3n) is 2.85. The highest BCUT2D eigenvalue weighted by atomic mass is 35.5. The van der Waals surface area contributed by atoms with Crippen LogP contribution in [0.1, 0.15) is 11.1 Å². The van der Waals surface area contributed by atoms with Gasteiger partial charge in [0.1, 0.15) is 4.99 Å². The van der Waals surface area contributed by atoms with Crippen molar-refractivity contribution in [1.29, 1.82) is 0 Å². The van der Waals surface area contributed by atoms with Gasteiger partial charge in [-0.15, -0.1) is 0 Å². The topological polar surface area (TPSA) is 58.4 Å². The van der Waals surface area contributed by atoms with Crippen molar-refractivity contribution in [2.75, 3.05) is 19.6 Å². The fourth-order valence-electron chi connectivity index (χ4n) is 1.90. The fraction of sp³-hybridized carbons (Fsp3) is 0.333. The first-order chi connectivity index (χ1) is 8.56. The van der Waals surface area contributed by atoms with Crippen LogP contribution in [-0.2, 0) is 11.3 Å². The first kappa shape index (κ1) is 13.3. The molecule has 0 bridgehead atoms. The van der Waals surface area contributed by atoms with Gasteiger partial charge in [-0.1, -0.05) is 36.0 Å². The number of nitrogens with two attached hydrogens (primary N) is 1. The number of hydrogen-bond donors (Lipinski definition) is 2. The van der Waals surface area contributed by atoms with Gasteiger partial charge >= 0.3 is 0 Å². The molecule has 1 heterocycles. The van der Waals surface area contributed by atoms with Crippen molar-refractivity contribution in [2.45, 2.75) is 6.54 Å². The Morgan fingerprint density at radius 2 is 2.33 bits per heavy atom. The first-order valence-electron chi connectivity index (χ1n) is 5.63. The van der Waals surface area contributed by atoms with E-state index in [-0.39, 0.29) is 5.91 Å². The number of benzene rings is 1. The second-order valence-electron chi connectivity index (χ2n) is 4.23. The molecular weight excluding hydrogens is 270 g/mol. The van der Waals surface area contributed by atoms with E-state index in [2.05, 4.69) is 10.2 Å². The van der Waals surface area contributed by atoms with E-state index in [4.69, 9.17) is 29.6 Å². The number of amides is 1. The van der Waals surface area contributed by atoms with Crippen molar-refractivity contribution in [3.05, 3.63) is 34.3 Å². The van der Waals surface area contributed by atoms with E-state index in [1.54, 1.807) is 6.07 Å². The van der Waals surface area contributed by atoms with Crippen molar-refractivity contribution < 1.29 is 4.79 Å². The van der Waals surface area contributed by atoms with Crippen molar-refractivity contribution in [1.82, 2.24) is 10.2 Å². The number of nitrogens with zero attached hydrogens (tertiary/aromatic N) is 1. The summed E-state index contributed by atoms with van der Waals surface area (Å²) in [6.07, 6.45) is 0. The minimum atomic E-state index is 0.0529. The number of carbonyl (C=O) groups excluding carboxylic acids is 1. The number of hydrogen-bond acceptors (Lipinski definition) is 3. The van der Waals surface area contributed by atoms with Crippen LogP contribution in [-0.4, -0.2) is 35.4 Å². The third-order valence-corrected chi connectivity index (χ3v) is 3.44. The van der Waals surface area contributed by atoms with E-state index in [1.807, 2.05) is 12.1 Å². The van der Waals surface area contributed by atoms with Crippen LogP contribution in [0.5, 0.6) is 0 Å². The molecule has 0 aliphatic carbocycles. The second kappa shape index (κ2) is 5.65. The molecular formula is C12H14ClN3OS. The highest BCUT2D eigenvalue weighted by Gasteiger charge is 2.17. The summed E-state index contributed by atoms with van der Waals surface area (Å²) in [6.45, 7) is 2.58. The monoisotopic (exact) mass is 283 g/mol. The molecule has 1 aromatic rings. The van der Waals surface area contributed by atoms with E-state index in [0.717, 1.165) is 17.7 Å². The lowest BCUT2D eigenvalue weighted by molar-refractivity contribution is -0.124. The number of halogens is 1. The average Bonchev–Trinajstić information content (AvgIpc) is 2.31. The minimum Gasteiger partial charge on any atom is -0.389 e. The van der Waals surface area contributed by atoms with Crippen LogP contribution in [0.25, 0.3) is 0 Å². The Hall–Kier alpha value is -1.17. The average molecular weight is 284 g/mol. The molecule has 4 nitrogen and oxygen atoms in total. The van der Waals surface area contributed by atoms with Gasteiger partial charge in [0.15, 0.2) is 0 Å². The molecule has 0 unspecified atom stereocenters. The SMILES string of the molecule is NC(=S)c1ccc(CN2CCNC(=O)C2)c(Cl)c1. The number of rotatable bonds is 3. The zero-order valence-electron chi connectivity index (χ0n) is 9.78. The standard InChI is InChI=1S/C12H14ClN3OS/c13-10-5-8(12(14)18)1-2-9(10)6-16-4-3-15-11(17)7-16/h1-2,5H,3-4,6-7H2,(H2,14,18)(H,15,17). The highest BCUT2D eigenvalue weighted by Crippen LogP contribution is 2.20. The van der Waals surface area contributed by atoms with Crippen molar-refractivity contribution in [2.24, 2.45) is 5.73 Å². The molecule has 0 radical (unpaired) electrons.